The van der Waals surface area contributed by atoms with Gasteiger partial charge in [0.2, 0.25) is 0 Å². The summed E-state index contributed by atoms with van der Waals surface area (Å²) >= 11 is 0. The Balaban J connectivity index is 2.36. The third kappa shape index (κ3) is 12.2. The van der Waals surface area contributed by atoms with E-state index in [2.05, 4.69) is 18.7 Å². The Bertz CT molecular complexity index is 936. The number of aliphatic hydroxyl groups is 3. The fourth-order valence-corrected chi connectivity index (χ4v) is 9.06. The van der Waals surface area contributed by atoms with E-state index in [1.807, 2.05) is 62.3 Å². The molecule has 290 valence electrons. The van der Waals surface area contributed by atoms with E-state index in [1.54, 1.807) is 7.11 Å². The van der Waals surface area contributed by atoms with Crippen LogP contribution in [0.25, 0.3) is 0 Å². The number of rotatable bonds is 21. The van der Waals surface area contributed by atoms with Gasteiger partial charge >= 0.3 is 0 Å². The third-order valence-electron chi connectivity index (χ3n) is 11.9. The Hall–Kier alpha value is -0.690. The minimum absolute atomic E-state index is 0.0117. The molecule has 1 aliphatic heterocycles. The summed E-state index contributed by atoms with van der Waals surface area (Å²) in [6.07, 6.45) is 3.43. The first-order valence-corrected chi connectivity index (χ1v) is 19.3. The van der Waals surface area contributed by atoms with E-state index in [1.165, 1.54) is 0 Å². The molecule has 0 aromatic rings. The van der Waals surface area contributed by atoms with Gasteiger partial charge in [-0.1, -0.05) is 55.4 Å². The molecule has 0 amide bonds. The summed E-state index contributed by atoms with van der Waals surface area (Å²) in [6.45, 7) is 23.9. The summed E-state index contributed by atoms with van der Waals surface area (Å²) in [6, 6.07) is -0.191. The number of methoxy groups -OCH3 is 1. The van der Waals surface area contributed by atoms with E-state index < -0.39 is 41.5 Å². The highest BCUT2D eigenvalue weighted by Gasteiger charge is 2.46. The molecule has 1 saturated carbocycles. The number of nitrogens with two attached hydrogens (primary N) is 1. The van der Waals surface area contributed by atoms with Gasteiger partial charge in [0, 0.05) is 50.0 Å². The number of aldehydes is 1. The van der Waals surface area contributed by atoms with Crippen LogP contribution in [-0.2, 0) is 23.7 Å². The molecule has 10 nitrogen and oxygen atoms in total. The van der Waals surface area contributed by atoms with Crippen molar-refractivity contribution in [2.24, 2.45) is 40.7 Å². The first-order chi connectivity index (χ1) is 22.8. The molecule has 0 radical (unpaired) electrons. The summed E-state index contributed by atoms with van der Waals surface area (Å²) in [5.41, 5.74) is 4.31. The van der Waals surface area contributed by atoms with Crippen LogP contribution in [0.3, 0.4) is 0 Å². The summed E-state index contributed by atoms with van der Waals surface area (Å²) in [5.74, 6) is -0.577. The highest BCUT2D eigenvalue weighted by atomic mass is 16.7. The van der Waals surface area contributed by atoms with Gasteiger partial charge in [0.1, 0.15) is 6.29 Å². The van der Waals surface area contributed by atoms with Gasteiger partial charge in [-0.05, 0) is 83.5 Å². The third-order valence-corrected chi connectivity index (χ3v) is 11.9. The molecule has 0 aromatic heterocycles. The van der Waals surface area contributed by atoms with E-state index in [9.17, 15) is 20.1 Å². The Kier molecular flexibility index (Phi) is 18.1. The molecule has 1 aliphatic carbocycles. The zero-order valence-electron chi connectivity index (χ0n) is 33.1. The van der Waals surface area contributed by atoms with Crippen molar-refractivity contribution < 1.29 is 39.1 Å². The monoisotopic (exact) mass is 701 g/mol. The van der Waals surface area contributed by atoms with Crippen LogP contribution in [-0.4, -0.2) is 114 Å². The van der Waals surface area contributed by atoms with Crippen LogP contribution in [0.1, 0.15) is 121 Å². The van der Waals surface area contributed by atoms with Gasteiger partial charge in [-0.25, -0.2) is 0 Å². The summed E-state index contributed by atoms with van der Waals surface area (Å²) in [4.78, 5) is 14.5. The molecule has 0 spiro atoms. The predicted molar refractivity (Wildman–Crippen MR) is 195 cm³/mol. The summed E-state index contributed by atoms with van der Waals surface area (Å²) in [7, 11) is 1.69. The van der Waals surface area contributed by atoms with E-state index in [0.717, 1.165) is 32.0 Å². The zero-order valence-corrected chi connectivity index (χ0v) is 33.1. The number of carbonyl (C=O) groups is 1. The molecule has 1 saturated heterocycles. The average Bonchev–Trinajstić information content (AvgIpc) is 3.03. The van der Waals surface area contributed by atoms with E-state index in [0.29, 0.717) is 38.9 Å². The summed E-state index contributed by atoms with van der Waals surface area (Å²) < 4.78 is 25.5. The second-order valence-corrected chi connectivity index (χ2v) is 16.9. The quantitative estimate of drug-likeness (QED) is 0.118. The van der Waals surface area contributed by atoms with Crippen molar-refractivity contribution in [1.29, 1.82) is 0 Å². The van der Waals surface area contributed by atoms with E-state index in [4.69, 9.17) is 24.7 Å². The highest BCUT2D eigenvalue weighted by molar-refractivity contribution is 5.54. The molecule has 0 aromatic carbocycles. The maximum absolute atomic E-state index is 12.4. The van der Waals surface area contributed by atoms with Gasteiger partial charge in [0.25, 0.3) is 0 Å². The second-order valence-electron chi connectivity index (χ2n) is 16.9. The molecule has 49 heavy (non-hydrogen) atoms. The van der Waals surface area contributed by atoms with Crippen LogP contribution in [0.15, 0.2) is 0 Å². The lowest BCUT2D eigenvalue weighted by Gasteiger charge is -2.46. The van der Waals surface area contributed by atoms with Crippen molar-refractivity contribution in [2.75, 3.05) is 26.7 Å². The van der Waals surface area contributed by atoms with Crippen LogP contribution in [0.2, 0.25) is 0 Å². The highest BCUT2D eigenvalue weighted by Crippen LogP contribution is 2.39. The van der Waals surface area contributed by atoms with Gasteiger partial charge in [-0.2, -0.15) is 0 Å². The Labute approximate surface area is 299 Å². The van der Waals surface area contributed by atoms with Gasteiger partial charge in [-0.3, -0.25) is 4.90 Å². The standard InChI is InChI=1S/C39H76N2O8/c1-13-32(46-12)38(9,10)36(44)30(8)41(18-17-40)22-24(2)21-39(11,45)37(49-33-16-14-15-28(6)47-33)29(7)35(27(5)23-42)48-31-19-25(3)34(43)26(4)20-31/h23-37,43-45H,13-22,40H2,1-12H3/t24-,25?,26?,27?,28?,29+,30?,31?,32-,33?,34?,35-,36?,37-,39-/m1/s1. The largest absolute Gasteiger partial charge is 0.393 e. The molecule has 2 aliphatic rings. The normalized spacial score (nSPS) is 31.6. The van der Waals surface area contributed by atoms with Crippen molar-refractivity contribution in [3.05, 3.63) is 0 Å². The molecule has 1 heterocycles. The Morgan fingerprint density at radius 2 is 1.65 bits per heavy atom. The SMILES string of the molecule is CC[C@@H](OC)C(C)(C)C(O)C(C)N(CCN)C[C@H](C)C[C@@](C)(O)[C@H](OC1CCCC(C)O1)[C@@H](C)[C@H](OC1CC(C)C(O)C(C)C1)C(C)C=O. The fourth-order valence-electron chi connectivity index (χ4n) is 9.06. The van der Waals surface area contributed by atoms with Gasteiger partial charge in [0.05, 0.1) is 48.3 Å². The lowest BCUT2D eigenvalue weighted by Crippen LogP contribution is -2.56. The van der Waals surface area contributed by atoms with Crippen LogP contribution < -0.4 is 5.73 Å². The number of nitrogens with zero attached hydrogens (tertiary/aromatic N) is 1. The number of ether oxygens (including phenoxy) is 4. The molecule has 2 fully saturated rings. The smallest absolute Gasteiger partial charge is 0.158 e. The topological polar surface area (TPSA) is 144 Å². The number of aliphatic hydroxyl groups excluding tert-OH is 2. The zero-order chi connectivity index (χ0) is 37.3. The van der Waals surface area contributed by atoms with E-state index in [-0.39, 0.29) is 54.1 Å². The molecule has 2 rings (SSSR count). The van der Waals surface area contributed by atoms with Crippen molar-refractivity contribution in [1.82, 2.24) is 4.90 Å². The average molecular weight is 701 g/mol. The molecule has 7 unspecified atom stereocenters. The molecular weight excluding hydrogens is 624 g/mol. The predicted octanol–water partition coefficient (Wildman–Crippen LogP) is 5.18. The maximum Gasteiger partial charge on any atom is 0.158 e. The molecule has 13 atom stereocenters. The molecule has 10 heteroatoms. The first kappa shape index (κ1) is 44.5. The Morgan fingerprint density at radius 3 is 2.16 bits per heavy atom. The van der Waals surface area contributed by atoms with Gasteiger partial charge < -0.3 is 44.8 Å². The van der Waals surface area contributed by atoms with Gasteiger partial charge in [-0.15, -0.1) is 0 Å². The van der Waals surface area contributed by atoms with Crippen LogP contribution in [0.4, 0.5) is 0 Å². The number of carbonyl (C=O) groups excluding carboxylic acids is 1. The molecule has 5 N–H and O–H groups in total. The fraction of sp³-hybridized carbons (Fsp3) is 0.974. The maximum atomic E-state index is 12.4. The number of hydrogen-bond acceptors (Lipinski definition) is 10. The van der Waals surface area contributed by atoms with Crippen molar-refractivity contribution in [2.45, 2.75) is 182 Å². The van der Waals surface area contributed by atoms with Crippen molar-refractivity contribution in [3.63, 3.8) is 0 Å². The van der Waals surface area contributed by atoms with Crippen molar-refractivity contribution in [3.8, 4) is 0 Å². The molecule has 0 bridgehead atoms. The van der Waals surface area contributed by atoms with Crippen LogP contribution in [0, 0.1) is 35.0 Å². The Morgan fingerprint density at radius 1 is 1.04 bits per heavy atom. The second kappa shape index (κ2) is 20.0. The van der Waals surface area contributed by atoms with Gasteiger partial charge in [0.15, 0.2) is 6.29 Å². The van der Waals surface area contributed by atoms with Crippen LogP contribution >= 0.6 is 0 Å². The lowest BCUT2D eigenvalue weighted by molar-refractivity contribution is -0.265. The van der Waals surface area contributed by atoms with E-state index >= 15 is 0 Å². The first-order valence-electron chi connectivity index (χ1n) is 19.3. The lowest BCUT2D eigenvalue weighted by atomic mass is 9.76. The minimum Gasteiger partial charge on any atom is -0.393 e. The number of hydrogen-bond donors (Lipinski definition) is 4. The molecular formula is C39H76N2O8. The summed E-state index contributed by atoms with van der Waals surface area (Å²) in [5, 5.41) is 34.6. The van der Waals surface area contributed by atoms with Crippen LogP contribution in [0.5, 0.6) is 0 Å². The minimum atomic E-state index is -1.30. The van der Waals surface area contributed by atoms with Crippen molar-refractivity contribution >= 4 is 6.29 Å².